The average Bonchev–Trinajstić information content (AvgIpc) is 2.39. The van der Waals surface area contributed by atoms with Gasteiger partial charge < -0.3 is 11.1 Å². The van der Waals surface area contributed by atoms with Crippen LogP contribution in [0.15, 0.2) is 29.2 Å². The Morgan fingerprint density at radius 1 is 1.20 bits per heavy atom. The van der Waals surface area contributed by atoms with Gasteiger partial charge in [-0.15, -0.1) is 0 Å². The molecule has 3 N–H and O–H groups in total. The van der Waals surface area contributed by atoms with Crippen molar-refractivity contribution in [2.24, 2.45) is 5.73 Å². The number of nitrogens with one attached hydrogen (secondary N) is 1. The molecule has 1 aromatic rings. The van der Waals surface area contributed by atoms with Crippen LogP contribution in [0.4, 0.5) is 14.5 Å². The maximum Gasteiger partial charge on any atom is 0.341 e. The smallest absolute Gasteiger partial charge is 0.330 e. The molecule has 0 saturated carbocycles. The van der Waals surface area contributed by atoms with Crippen molar-refractivity contribution in [1.82, 2.24) is 0 Å². The van der Waals surface area contributed by atoms with Crippen LogP contribution in [0.2, 0.25) is 0 Å². The summed E-state index contributed by atoms with van der Waals surface area (Å²) in [5.41, 5.74) is 5.66. The molecule has 0 aliphatic carbocycles. The van der Waals surface area contributed by atoms with E-state index in [-0.39, 0.29) is 5.91 Å². The topological polar surface area (TPSA) is 89.3 Å². The molecular weight excluding hydrogens is 290 g/mol. The highest BCUT2D eigenvalue weighted by Gasteiger charge is 2.26. The second-order valence-electron chi connectivity index (χ2n) is 4.12. The molecule has 20 heavy (non-hydrogen) atoms. The molecule has 1 aromatic carbocycles. The van der Waals surface area contributed by atoms with Crippen molar-refractivity contribution >= 4 is 21.4 Å². The van der Waals surface area contributed by atoms with Crippen molar-refractivity contribution in [3.05, 3.63) is 24.3 Å². The van der Waals surface area contributed by atoms with Gasteiger partial charge in [0.15, 0.2) is 0 Å². The molecule has 0 aromatic heterocycles. The van der Waals surface area contributed by atoms with E-state index >= 15 is 0 Å². The van der Waals surface area contributed by atoms with Crippen LogP contribution in [0.5, 0.6) is 0 Å². The molecule has 0 heterocycles. The molecule has 8 heteroatoms. The first kappa shape index (κ1) is 16.5. The number of carbonyl (C=O) groups is 1. The Bertz CT molecular complexity index is 544. The van der Waals surface area contributed by atoms with Crippen LogP contribution in [-0.2, 0) is 14.6 Å². The first-order valence-electron chi connectivity index (χ1n) is 6.00. The molecule has 0 aliphatic rings. The van der Waals surface area contributed by atoms with Crippen LogP contribution in [0.3, 0.4) is 0 Å². The van der Waals surface area contributed by atoms with Gasteiger partial charge in [0.25, 0.3) is 0 Å². The van der Waals surface area contributed by atoms with Gasteiger partial charge in [-0.05, 0) is 43.7 Å². The van der Waals surface area contributed by atoms with E-state index in [1.807, 2.05) is 0 Å². The minimum Gasteiger partial charge on any atom is -0.330 e. The quantitative estimate of drug-likeness (QED) is 0.751. The SMILES string of the molecule is NCCCCC(=O)Nc1ccc(S(=O)(=O)C(F)F)cc1. The number of hydrogen-bond acceptors (Lipinski definition) is 4. The number of amides is 1. The standard InChI is InChI=1S/C12H16F2N2O3S/c13-12(14)20(18,19)10-6-4-9(5-7-10)16-11(17)3-1-2-8-15/h4-7,12H,1-3,8,15H2,(H,16,17). The van der Waals surface area contributed by atoms with E-state index in [4.69, 9.17) is 5.73 Å². The molecule has 0 aliphatic heterocycles. The van der Waals surface area contributed by atoms with Crippen LogP contribution in [-0.4, -0.2) is 26.6 Å². The summed E-state index contributed by atoms with van der Waals surface area (Å²) in [4.78, 5) is 11.0. The summed E-state index contributed by atoms with van der Waals surface area (Å²) in [6.07, 6.45) is 1.69. The van der Waals surface area contributed by atoms with E-state index < -0.39 is 20.5 Å². The molecule has 1 rings (SSSR count). The Balaban J connectivity index is 2.66. The lowest BCUT2D eigenvalue weighted by Gasteiger charge is -2.07. The van der Waals surface area contributed by atoms with Gasteiger partial charge >= 0.3 is 5.76 Å². The fourth-order valence-electron chi connectivity index (χ4n) is 1.48. The minimum atomic E-state index is -4.60. The Morgan fingerprint density at radius 2 is 1.80 bits per heavy atom. The predicted octanol–water partition coefficient (Wildman–Crippen LogP) is 1.75. The first-order valence-corrected chi connectivity index (χ1v) is 7.54. The molecule has 112 valence electrons. The van der Waals surface area contributed by atoms with Crippen LogP contribution < -0.4 is 11.1 Å². The van der Waals surface area contributed by atoms with E-state index in [9.17, 15) is 22.0 Å². The van der Waals surface area contributed by atoms with E-state index in [1.54, 1.807) is 0 Å². The van der Waals surface area contributed by atoms with Crippen LogP contribution >= 0.6 is 0 Å². The number of benzene rings is 1. The largest absolute Gasteiger partial charge is 0.341 e. The van der Waals surface area contributed by atoms with E-state index in [0.717, 1.165) is 18.6 Å². The number of rotatable bonds is 7. The lowest BCUT2D eigenvalue weighted by atomic mass is 10.2. The number of unbranched alkanes of at least 4 members (excludes halogenated alkanes) is 1. The van der Waals surface area contributed by atoms with Gasteiger partial charge in [-0.2, -0.15) is 8.78 Å². The third kappa shape index (κ3) is 4.53. The van der Waals surface area contributed by atoms with Gasteiger partial charge in [0.2, 0.25) is 15.7 Å². The van der Waals surface area contributed by atoms with Gasteiger partial charge in [-0.1, -0.05) is 0 Å². The zero-order valence-corrected chi connectivity index (χ0v) is 11.5. The third-order valence-electron chi connectivity index (χ3n) is 2.56. The highest BCUT2D eigenvalue weighted by Crippen LogP contribution is 2.20. The Kier molecular flexibility index (Phi) is 6.03. The van der Waals surface area contributed by atoms with Gasteiger partial charge in [0.1, 0.15) is 0 Å². The summed E-state index contributed by atoms with van der Waals surface area (Å²) in [6.45, 7) is 0.507. The van der Waals surface area contributed by atoms with Crippen molar-refractivity contribution in [2.75, 3.05) is 11.9 Å². The fraction of sp³-hybridized carbons (Fsp3) is 0.417. The summed E-state index contributed by atoms with van der Waals surface area (Å²) in [7, 11) is -4.60. The average molecular weight is 306 g/mol. The molecule has 0 radical (unpaired) electrons. The Labute approximate surface area is 116 Å². The van der Waals surface area contributed by atoms with Crippen molar-refractivity contribution in [3.63, 3.8) is 0 Å². The number of sulfone groups is 1. The third-order valence-corrected chi connectivity index (χ3v) is 3.96. The number of anilines is 1. The molecule has 1 amide bonds. The summed E-state index contributed by atoms with van der Waals surface area (Å²) in [5, 5.41) is 2.55. The highest BCUT2D eigenvalue weighted by molar-refractivity contribution is 7.91. The molecule has 0 spiro atoms. The summed E-state index contributed by atoms with van der Waals surface area (Å²) in [6, 6.07) is 4.63. The Hall–Kier alpha value is -1.54. The van der Waals surface area contributed by atoms with Gasteiger partial charge in [-0.3, -0.25) is 4.79 Å². The fourth-order valence-corrected chi connectivity index (χ4v) is 2.21. The van der Waals surface area contributed by atoms with Crippen molar-refractivity contribution in [3.8, 4) is 0 Å². The van der Waals surface area contributed by atoms with Crippen LogP contribution in [0.1, 0.15) is 19.3 Å². The highest BCUT2D eigenvalue weighted by atomic mass is 32.2. The maximum absolute atomic E-state index is 12.3. The summed E-state index contributed by atoms with van der Waals surface area (Å²) in [5.74, 6) is -3.69. The minimum absolute atomic E-state index is 0.233. The lowest BCUT2D eigenvalue weighted by Crippen LogP contribution is -2.13. The van der Waals surface area contributed by atoms with Gasteiger partial charge in [0, 0.05) is 12.1 Å². The van der Waals surface area contributed by atoms with Gasteiger partial charge in [-0.25, -0.2) is 8.42 Å². The number of alkyl halides is 2. The molecule has 0 fully saturated rings. The number of nitrogens with two attached hydrogens (primary N) is 1. The van der Waals surface area contributed by atoms with Crippen molar-refractivity contribution in [2.45, 2.75) is 29.9 Å². The monoisotopic (exact) mass is 306 g/mol. The number of carbonyl (C=O) groups excluding carboxylic acids is 1. The summed E-state index contributed by atoms with van der Waals surface area (Å²) >= 11 is 0. The Morgan fingerprint density at radius 3 is 2.30 bits per heavy atom. The molecule has 0 atom stereocenters. The van der Waals surface area contributed by atoms with Crippen LogP contribution in [0.25, 0.3) is 0 Å². The number of halogens is 2. The van der Waals surface area contributed by atoms with Crippen LogP contribution in [0, 0.1) is 0 Å². The van der Waals surface area contributed by atoms with Crippen molar-refractivity contribution < 1.29 is 22.0 Å². The summed E-state index contributed by atoms with van der Waals surface area (Å²) < 4.78 is 47.0. The lowest BCUT2D eigenvalue weighted by molar-refractivity contribution is -0.116. The second-order valence-corrected chi connectivity index (χ2v) is 6.04. The van der Waals surface area contributed by atoms with E-state index in [2.05, 4.69) is 5.32 Å². The normalized spacial score (nSPS) is 11.6. The van der Waals surface area contributed by atoms with Crippen molar-refractivity contribution in [1.29, 1.82) is 0 Å². The molecular formula is C12H16F2N2O3S. The molecule has 0 bridgehead atoms. The predicted molar refractivity (Wildman–Crippen MR) is 71.2 cm³/mol. The van der Waals surface area contributed by atoms with E-state index in [0.29, 0.717) is 25.1 Å². The zero-order chi connectivity index (χ0) is 15.2. The van der Waals surface area contributed by atoms with Gasteiger partial charge in [0.05, 0.1) is 4.90 Å². The second kappa shape index (κ2) is 7.30. The molecule has 0 saturated heterocycles. The molecule has 0 unspecified atom stereocenters. The van der Waals surface area contributed by atoms with E-state index in [1.165, 1.54) is 12.1 Å². The zero-order valence-electron chi connectivity index (χ0n) is 10.7. The maximum atomic E-state index is 12.3. The number of hydrogen-bond donors (Lipinski definition) is 2. The first-order chi connectivity index (χ1) is 9.37. The molecule has 5 nitrogen and oxygen atoms in total.